The average Bonchev–Trinajstić information content (AvgIpc) is 3.30. The number of benzene rings is 1. The Hall–Kier alpha value is -2.39. The number of hydrogen-bond donors (Lipinski definition) is 0. The first-order chi connectivity index (χ1) is 14.2. The molecule has 1 amide bonds. The van der Waals surface area contributed by atoms with Gasteiger partial charge in [-0.05, 0) is 44.9 Å². The first kappa shape index (κ1) is 20.9. The molecule has 1 aromatic heterocycles. The van der Waals surface area contributed by atoms with Crippen molar-refractivity contribution in [2.45, 2.75) is 45.3 Å². The fourth-order valence-corrected chi connectivity index (χ4v) is 5.46. The number of carbonyl (C=O) groups excluding carboxylic acids is 1. The van der Waals surface area contributed by atoms with Crippen molar-refractivity contribution in [2.24, 2.45) is 0 Å². The van der Waals surface area contributed by atoms with Crippen molar-refractivity contribution in [1.82, 2.24) is 19.0 Å². The minimum absolute atomic E-state index is 0.117. The first-order valence-electron chi connectivity index (χ1n) is 10.4. The molecule has 4 rings (SSSR count). The van der Waals surface area contributed by atoms with E-state index in [1.807, 2.05) is 19.9 Å². The molecule has 2 aromatic rings. The number of carbonyl (C=O) groups is 1. The SMILES string of the molecule is CCn1cc(C(=O)N2C[C@H]2C)c(S(=O)(=O)N2CCN(c3cccc(C)c3C)CC2)n1. The molecule has 0 spiro atoms. The van der Waals surface area contributed by atoms with Crippen LogP contribution in [0.3, 0.4) is 0 Å². The lowest BCUT2D eigenvalue weighted by Gasteiger charge is -2.36. The van der Waals surface area contributed by atoms with E-state index in [0.29, 0.717) is 39.3 Å². The number of aromatic nitrogens is 2. The molecular weight excluding hydrogens is 402 g/mol. The molecule has 9 heteroatoms. The van der Waals surface area contributed by atoms with Gasteiger partial charge in [0.15, 0.2) is 0 Å². The van der Waals surface area contributed by atoms with Gasteiger partial charge in [0.2, 0.25) is 5.03 Å². The second-order valence-electron chi connectivity index (χ2n) is 8.12. The van der Waals surface area contributed by atoms with Gasteiger partial charge in [-0.3, -0.25) is 9.48 Å². The number of anilines is 1. The van der Waals surface area contributed by atoms with Crippen LogP contribution < -0.4 is 4.90 Å². The standard InChI is InChI=1S/C21H29N5O3S/c1-5-24-14-18(21(27)26-13-16(26)3)20(22-24)30(28,29)25-11-9-23(10-12-25)19-8-6-7-15(2)17(19)4/h6-8,14,16H,5,9-13H2,1-4H3/t16-,26?/m1/s1. The maximum absolute atomic E-state index is 13.4. The lowest BCUT2D eigenvalue weighted by molar-refractivity contribution is 0.0872. The minimum Gasteiger partial charge on any atom is -0.369 e. The van der Waals surface area contributed by atoms with Gasteiger partial charge in [-0.15, -0.1) is 0 Å². The van der Waals surface area contributed by atoms with Crippen LogP contribution in [0.1, 0.15) is 35.3 Å². The molecule has 3 heterocycles. The molecule has 1 aromatic carbocycles. The summed E-state index contributed by atoms with van der Waals surface area (Å²) in [6.45, 7) is 11.1. The minimum atomic E-state index is -3.85. The fraction of sp³-hybridized carbons (Fsp3) is 0.524. The highest BCUT2D eigenvalue weighted by atomic mass is 32.2. The summed E-state index contributed by atoms with van der Waals surface area (Å²) in [7, 11) is -3.85. The highest BCUT2D eigenvalue weighted by molar-refractivity contribution is 7.89. The molecule has 1 atom stereocenters. The number of aryl methyl sites for hydroxylation is 2. The molecule has 0 saturated carbocycles. The van der Waals surface area contributed by atoms with E-state index >= 15 is 0 Å². The van der Waals surface area contributed by atoms with Crippen LogP contribution in [-0.4, -0.2) is 72.1 Å². The van der Waals surface area contributed by atoms with Crippen LogP contribution in [-0.2, 0) is 16.6 Å². The van der Waals surface area contributed by atoms with Crippen LogP contribution in [0.15, 0.2) is 29.4 Å². The summed E-state index contributed by atoms with van der Waals surface area (Å²) < 4.78 is 29.8. The van der Waals surface area contributed by atoms with Gasteiger partial charge < -0.3 is 9.80 Å². The molecule has 162 valence electrons. The van der Waals surface area contributed by atoms with Crippen LogP contribution in [0.5, 0.6) is 0 Å². The molecular formula is C21H29N5O3S. The highest BCUT2D eigenvalue weighted by Gasteiger charge is 2.40. The molecule has 0 aliphatic carbocycles. The van der Waals surface area contributed by atoms with Gasteiger partial charge in [0.05, 0.1) is 5.56 Å². The van der Waals surface area contributed by atoms with Crippen LogP contribution in [0.2, 0.25) is 0 Å². The van der Waals surface area contributed by atoms with E-state index < -0.39 is 10.0 Å². The smallest absolute Gasteiger partial charge is 0.263 e. The summed E-state index contributed by atoms with van der Waals surface area (Å²) in [6.07, 6.45) is 1.56. The Kier molecular flexibility index (Phi) is 5.36. The zero-order valence-electron chi connectivity index (χ0n) is 18.0. The Labute approximate surface area is 178 Å². The number of amides is 1. The molecule has 0 N–H and O–H groups in total. The Bertz CT molecular complexity index is 1070. The largest absolute Gasteiger partial charge is 0.369 e. The van der Waals surface area contributed by atoms with Gasteiger partial charge in [0, 0.05) is 57.2 Å². The van der Waals surface area contributed by atoms with Gasteiger partial charge in [0.1, 0.15) is 0 Å². The molecule has 0 bridgehead atoms. The Balaban J connectivity index is 1.56. The lowest BCUT2D eigenvalue weighted by Crippen LogP contribution is -2.49. The molecule has 8 nitrogen and oxygen atoms in total. The van der Waals surface area contributed by atoms with Crippen molar-refractivity contribution < 1.29 is 13.2 Å². The molecule has 0 unspecified atom stereocenters. The van der Waals surface area contributed by atoms with E-state index in [4.69, 9.17) is 0 Å². The quantitative estimate of drug-likeness (QED) is 0.676. The van der Waals surface area contributed by atoms with E-state index in [9.17, 15) is 13.2 Å². The third-order valence-electron chi connectivity index (χ3n) is 6.14. The van der Waals surface area contributed by atoms with Gasteiger partial charge in [-0.25, -0.2) is 8.42 Å². The number of rotatable bonds is 5. The topological polar surface area (TPSA) is 78.5 Å². The van der Waals surface area contributed by atoms with Gasteiger partial charge >= 0.3 is 0 Å². The van der Waals surface area contributed by atoms with Gasteiger partial charge in [0.25, 0.3) is 15.9 Å². The zero-order valence-corrected chi connectivity index (χ0v) is 18.8. The second-order valence-corrected chi connectivity index (χ2v) is 9.97. The molecule has 2 aliphatic rings. The predicted octanol–water partition coefficient (Wildman–Crippen LogP) is 1.88. The number of sulfonamides is 1. The highest BCUT2D eigenvalue weighted by Crippen LogP contribution is 2.28. The molecule has 0 radical (unpaired) electrons. The van der Waals surface area contributed by atoms with E-state index in [2.05, 4.69) is 36.0 Å². The maximum Gasteiger partial charge on any atom is 0.263 e. The summed E-state index contributed by atoms with van der Waals surface area (Å²) in [6, 6.07) is 6.35. The summed E-state index contributed by atoms with van der Waals surface area (Å²) >= 11 is 0. The third-order valence-corrected chi connectivity index (χ3v) is 7.98. The van der Waals surface area contributed by atoms with Gasteiger partial charge in [-0.1, -0.05) is 12.1 Å². The van der Waals surface area contributed by atoms with Crippen molar-refractivity contribution >= 4 is 21.6 Å². The number of nitrogens with zero attached hydrogens (tertiary/aromatic N) is 5. The maximum atomic E-state index is 13.4. The van der Waals surface area contributed by atoms with Crippen molar-refractivity contribution in [1.29, 1.82) is 0 Å². The first-order valence-corrected chi connectivity index (χ1v) is 11.9. The molecule has 2 aliphatic heterocycles. The monoisotopic (exact) mass is 431 g/mol. The Morgan fingerprint density at radius 3 is 2.43 bits per heavy atom. The summed E-state index contributed by atoms with van der Waals surface area (Å²) in [5.74, 6) is -0.255. The molecule has 30 heavy (non-hydrogen) atoms. The van der Waals surface area contributed by atoms with E-state index in [-0.39, 0.29) is 22.5 Å². The van der Waals surface area contributed by atoms with Crippen molar-refractivity contribution in [3.8, 4) is 0 Å². The van der Waals surface area contributed by atoms with E-state index in [1.54, 1.807) is 11.1 Å². The van der Waals surface area contributed by atoms with Crippen molar-refractivity contribution in [2.75, 3.05) is 37.6 Å². The van der Waals surface area contributed by atoms with Crippen LogP contribution in [0.25, 0.3) is 0 Å². The van der Waals surface area contributed by atoms with Crippen LogP contribution >= 0.6 is 0 Å². The van der Waals surface area contributed by atoms with Crippen molar-refractivity contribution in [3.05, 3.63) is 41.1 Å². The average molecular weight is 432 g/mol. The Morgan fingerprint density at radius 2 is 1.83 bits per heavy atom. The van der Waals surface area contributed by atoms with Crippen LogP contribution in [0.4, 0.5) is 5.69 Å². The second kappa shape index (κ2) is 7.70. The lowest BCUT2D eigenvalue weighted by atomic mass is 10.1. The summed E-state index contributed by atoms with van der Waals surface area (Å²) in [5, 5.41) is 4.14. The Morgan fingerprint density at radius 1 is 1.17 bits per heavy atom. The number of piperazine rings is 1. The summed E-state index contributed by atoms with van der Waals surface area (Å²) in [5.41, 5.74) is 3.77. The zero-order chi connectivity index (χ0) is 21.6. The summed E-state index contributed by atoms with van der Waals surface area (Å²) in [4.78, 5) is 16.7. The predicted molar refractivity (Wildman–Crippen MR) is 115 cm³/mol. The normalized spacial score (nSPS) is 19.9. The van der Waals surface area contributed by atoms with E-state index in [0.717, 1.165) is 5.69 Å². The third kappa shape index (κ3) is 3.60. The van der Waals surface area contributed by atoms with Gasteiger partial charge in [-0.2, -0.15) is 9.40 Å². The molecule has 2 fully saturated rings. The number of hydrogen-bond acceptors (Lipinski definition) is 5. The molecule has 2 saturated heterocycles. The van der Waals surface area contributed by atoms with Crippen molar-refractivity contribution in [3.63, 3.8) is 0 Å². The van der Waals surface area contributed by atoms with Crippen LogP contribution in [0, 0.1) is 13.8 Å². The fourth-order valence-electron chi connectivity index (χ4n) is 3.95. The van der Waals surface area contributed by atoms with E-state index in [1.165, 1.54) is 20.1 Å².